The van der Waals surface area contributed by atoms with Gasteiger partial charge < -0.3 is 9.47 Å². The number of halogens is 2. The highest BCUT2D eigenvalue weighted by molar-refractivity contribution is 9.10. The first-order valence-corrected chi connectivity index (χ1v) is 7.04. The number of para-hydroxylation sites is 1. The molecule has 0 radical (unpaired) electrons. The molecular formula is C16H14BrFO3. The second kappa shape index (κ2) is 6.72. The maximum atomic E-state index is 13.5. The first-order valence-electron chi connectivity index (χ1n) is 6.25. The fourth-order valence-corrected chi connectivity index (χ4v) is 2.38. The van der Waals surface area contributed by atoms with Crippen LogP contribution in [0.3, 0.4) is 0 Å². The molecule has 0 atom stereocenters. The lowest BCUT2D eigenvalue weighted by Gasteiger charge is -2.11. The maximum absolute atomic E-state index is 13.5. The fourth-order valence-electron chi connectivity index (χ4n) is 2.03. The number of benzene rings is 2. The molecule has 2 aromatic carbocycles. The Balaban J connectivity index is 2.34. The molecule has 0 N–H and O–H groups in total. The minimum absolute atomic E-state index is 0.151. The van der Waals surface area contributed by atoms with Crippen LogP contribution in [0.5, 0.6) is 11.5 Å². The lowest BCUT2D eigenvalue weighted by Crippen LogP contribution is -2.07. The molecule has 0 unspecified atom stereocenters. The third kappa shape index (κ3) is 3.42. The average Bonchev–Trinajstić information content (AvgIpc) is 2.50. The lowest BCUT2D eigenvalue weighted by molar-refractivity contribution is 0.0989. The van der Waals surface area contributed by atoms with E-state index in [0.717, 1.165) is 5.56 Å². The zero-order chi connectivity index (χ0) is 15.4. The molecule has 0 aliphatic rings. The van der Waals surface area contributed by atoms with Gasteiger partial charge in [0.25, 0.3) is 0 Å². The molecule has 0 saturated carbocycles. The van der Waals surface area contributed by atoms with E-state index < -0.39 is 5.82 Å². The number of hydrogen-bond acceptors (Lipinski definition) is 3. The van der Waals surface area contributed by atoms with Crippen LogP contribution in [0, 0.1) is 5.82 Å². The highest BCUT2D eigenvalue weighted by atomic mass is 79.9. The van der Waals surface area contributed by atoms with Crippen LogP contribution >= 0.6 is 15.9 Å². The van der Waals surface area contributed by atoms with Gasteiger partial charge in [-0.1, -0.05) is 18.2 Å². The molecule has 2 aromatic rings. The molecule has 0 aliphatic heterocycles. The Kier molecular flexibility index (Phi) is 4.96. The van der Waals surface area contributed by atoms with E-state index in [1.54, 1.807) is 13.2 Å². The minimum atomic E-state index is -0.472. The van der Waals surface area contributed by atoms with Gasteiger partial charge in [0.15, 0.2) is 5.78 Å². The van der Waals surface area contributed by atoms with Gasteiger partial charge in [0.1, 0.15) is 17.3 Å². The molecule has 5 heteroatoms. The molecule has 0 aliphatic carbocycles. The Morgan fingerprint density at radius 2 is 1.81 bits per heavy atom. The summed E-state index contributed by atoms with van der Waals surface area (Å²) in [4.78, 5) is 12.4. The molecule has 0 bridgehead atoms. The fraction of sp³-hybridized carbons (Fsp3) is 0.188. The monoisotopic (exact) mass is 352 g/mol. The van der Waals surface area contributed by atoms with Gasteiger partial charge in [-0.25, -0.2) is 4.39 Å². The first kappa shape index (κ1) is 15.5. The molecule has 0 saturated heterocycles. The third-order valence-electron chi connectivity index (χ3n) is 3.09. The summed E-state index contributed by atoms with van der Waals surface area (Å²) in [6.07, 6.45) is 0.151. The van der Waals surface area contributed by atoms with Gasteiger partial charge in [-0.15, -0.1) is 0 Å². The van der Waals surface area contributed by atoms with E-state index in [1.165, 1.54) is 19.2 Å². The molecule has 0 spiro atoms. The first-order chi connectivity index (χ1) is 10.1. The van der Waals surface area contributed by atoms with Gasteiger partial charge in [-0.2, -0.15) is 0 Å². The second-order valence-corrected chi connectivity index (χ2v) is 5.23. The van der Waals surface area contributed by atoms with Crippen molar-refractivity contribution in [1.82, 2.24) is 0 Å². The summed E-state index contributed by atoms with van der Waals surface area (Å²) < 4.78 is 24.0. The highest BCUT2D eigenvalue weighted by Gasteiger charge is 2.17. The van der Waals surface area contributed by atoms with Gasteiger partial charge in [0.2, 0.25) is 0 Å². The standard InChI is InChI=1S/C16H14BrFO3/c1-20-15-6-4-3-5-10(15)7-14(19)11-8-12(17)13(18)9-16(11)21-2/h3-6,8-9H,7H2,1-2H3. The number of rotatable bonds is 5. The Hall–Kier alpha value is -1.88. The van der Waals surface area contributed by atoms with Crippen molar-refractivity contribution in [2.24, 2.45) is 0 Å². The Bertz CT molecular complexity index is 671. The van der Waals surface area contributed by atoms with E-state index in [-0.39, 0.29) is 22.4 Å². The summed E-state index contributed by atoms with van der Waals surface area (Å²) >= 11 is 3.08. The molecule has 0 heterocycles. The van der Waals surface area contributed by atoms with Crippen molar-refractivity contribution < 1.29 is 18.7 Å². The summed E-state index contributed by atoms with van der Waals surface area (Å²) in [5, 5.41) is 0. The van der Waals surface area contributed by atoms with Gasteiger partial charge >= 0.3 is 0 Å². The SMILES string of the molecule is COc1ccccc1CC(=O)c1cc(Br)c(F)cc1OC. The predicted molar refractivity (Wildman–Crippen MR) is 81.7 cm³/mol. The molecule has 3 nitrogen and oxygen atoms in total. The van der Waals surface area contributed by atoms with Crippen molar-refractivity contribution in [2.75, 3.05) is 14.2 Å². The zero-order valence-electron chi connectivity index (χ0n) is 11.7. The number of carbonyl (C=O) groups excluding carboxylic acids is 1. The Morgan fingerprint density at radius 3 is 2.48 bits per heavy atom. The van der Waals surface area contributed by atoms with Crippen LogP contribution in [-0.2, 0) is 6.42 Å². The molecular weight excluding hydrogens is 339 g/mol. The number of ketones is 1. The molecule has 0 amide bonds. The predicted octanol–water partition coefficient (Wildman–Crippen LogP) is 4.03. The summed E-state index contributed by atoms with van der Waals surface area (Å²) in [5.74, 6) is 0.222. The van der Waals surface area contributed by atoms with Gasteiger partial charge in [0.05, 0.1) is 24.3 Å². The molecule has 21 heavy (non-hydrogen) atoms. The van der Waals surface area contributed by atoms with Crippen molar-refractivity contribution in [3.63, 3.8) is 0 Å². The van der Waals surface area contributed by atoms with Crippen molar-refractivity contribution in [1.29, 1.82) is 0 Å². The van der Waals surface area contributed by atoms with E-state index in [1.807, 2.05) is 18.2 Å². The van der Waals surface area contributed by atoms with Crippen molar-refractivity contribution in [3.8, 4) is 11.5 Å². The van der Waals surface area contributed by atoms with Gasteiger partial charge in [0, 0.05) is 18.1 Å². The van der Waals surface area contributed by atoms with Crippen LogP contribution in [0.15, 0.2) is 40.9 Å². The number of methoxy groups -OCH3 is 2. The smallest absolute Gasteiger partial charge is 0.171 e. The van der Waals surface area contributed by atoms with Crippen LogP contribution in [0.25, 0.3) is 0 Å². The van der Waals surface area contributed by atoms with E-state index >= 15 is 0 Å². The Morgan fingerprint density at radius 1 is 1.14 bits per heavy atom. The zero-order valence-corrected chi connectivity index (χ0v) is 13.2. The van der Waals surface area contributed by atoms with Gasteiger partial charge in [-0.3, -0.25) is 4.79 Å². The quantitative estimate of drug-likeness (QED) is 0.762. The largest absolute Gasteiger partial charge is 0.496 e. The third-order valence-corrected chi connectivity index (χ3v) is 3.69. The molecule has 0 fully saturated rings. The van der Waals surface area contributed by atoms with Crippen LogP contribution in [0.1, 0.15) is 15.9 Å². The summed E-state index contributed by atoms with van der Waals surface area (Å²) in [6.45, 7) is 0. The van der Waals surface area contributed by atoms with Gasteiger partial charge in [-0.05, 0) is 28.1 Å². The Labute approximate surface area is 130 Å². The number of carbonyl (C=O) groups is 1. The summed E-state index contributed by atoms with van der Waals surface area (Å²) in [6, 6.07) is 9.92. The lowest BCUT2D eigenvalue weighted by atomic mass is 10.0. The number of ether oxygens (including phenoxy) is 2. The van der Waals surface area contributed by atoms with Crippen molar-refractivity contribution >= 4 is 21.7 Å². The van der Waals surface area contributed by atoms with Crippen molar-refractivity contribution in [2.45, 2.75) is 6.42 Å². The number of hydrogen-bond donors (Lipinski definition) is 0. The van der Waals surface area contributed by atoms with Crippen LogP contribution in [-0.4, -0.2) is 20.0 Å². The topological polar surface area (TPSA) is 35.5 Å². The highest BCUT2D eigenvalue weighted by Crippen LogP contribution is 2.28. The normalized spacial score (nSPS) is 10.3. The van der Waals surface area contributed by atoms with E-state index in [9.17, 15) is 9.18 Å². The van der Waals surface area contributed by atoms with Crippen LogP contribution in [0.4, 0.5) is 4.39 Å². The maximum Gasteiger partial charge on any atom is 0.171 e. The molecule has 2 rings (SSSR count). The average molecular weight is 353 g/mol. The van der Waals surface area contributed by atoms with Crippen LogP contribution in [0.2, 0.25) is 0 Å². The minimum Gasteiger partial charge on any atom is -0.496 e. The molecule has 110 valence electrons. The van der Waals surface area contributed by atoms with E-state index in [4.69, 9.17) is 9.47 Å². The number of Topliss-reactive ketones (excluding diaryl/α,β-unsaturated/α-hetero) is 1. The van der Waals surface area contributed by atoms with Crippen LogP contribution < -0.4 is 9.47 Å². The van der Waals surface area contributed by atoms with Crippen molar-refractivity contribution in [3.05, 3.63) is 57.8 Å². The second-order valence-electron chi connectivity index (χ2n) is 4.38. The van der Waals surface area contributed by atoms with E-state index in [2.05, 4.69) is 15.9 Å². The molecule has 0 aromatic heterocycles. The summed E-state index contributed by atoms with van der Waals surface area (Å²) in [7, 11) is 2.96. The summed E-state index contributed by atoms with van der Waals surface area (Å²) in [5.41, 5.74) is 1.10. The van der Waals surface area contributed by atoms with E-state index in [0.29, 0.717) is 11.3 Å².